The van der Waals surface area contributed by atoms with E-state index in [0.29, 0.717) is 12.8 Å². The van der Waals surface area contributed by atoms with Crippen molar-refractivity contribution < 1.29 is 19.8 Å². The Kier molecular flexibility index (Phi) is 7.38. The number of carbonyl (C=O) groups is 2. The molecule has 0 heterocycles. The number of carbonyl (C=O) groups excluding carboxylic acids is 1. The van der Waals surface area contributed by atoms with Gasteiger partial charge < -0.3 is 10.2 Å². The molecule has 0 aliphatic heterocycles. The lowest BCUT2D eigenvalue weighted by Gasteiger charge is -2.14. The van der Waals surface area contributed by atoms with Crippen molar-refractivity contribution in [1.82, 2.24) is 0 Å². The van der Waals surface area contributed by atoms with Gasteiger partial charge in [0.15, 0.2) is 5.78 Å². The van der Waals surface area contributed by atoms with Crippen LogP contribution in [-0.4, -0.2) is 28.1 Å². The van der Waals surface area contributed by atoms with E-state index in [4.69, 9.17) is 5.11 Å². The maximum absolute atomic E-state index is 12.2. The third-order valence-electron chi connectivity index (χ3n) is 4.94. The van der Waals surface area contributed by atoms with Crippen molar-refractivity contribution in [2.45, 2.75) is 58.0 Å². The Morgan fingerprint density at radius 3 is 2.72 bits per heavy atom. The third-order valence-corrected chi connectivity index (χ3v) is 4.94. The number of aryl methyl sites for hydroxylation is 1. The van der Waals surface area contributed by atoms with Gasteiger partial charge in [0.2, 0.25) is 0 Å². The van der Waals surface area contributed by atoms with Crippen molar-refractivity contribution in [3.63, 3.8) is 0 Å². The molecule has 25 heavy (non-hydrogen) atoms. The Labute approximate surface area is 149 Å². The molecule has 1 fully saturated rings. The minimum absolute atomic E-state index is 0.0376. The van der Waals surface area contributed by atoms with Gasteiger partial charge in [0, 0.05) is 12.3 Å². The number of aliphatic hydroxyl groups excluding tert-OH is 1. The molecule has 0 spiro atoms. The van der Waals surface area contributed by atoms with Crippen LogP contribution in [0.3, 0.4) is 0 Å². The molecule has 0 unspecified atom stereocenters. The summed E-state index contributed by atoms with van der Waals surface area (Å²) in [5.41, 5.74) is 2.31. The Morgan fingerprint density at radius 2 is 2.00 bits per heavy atom. The first kappa shape index (κ1) is 19.4. The number of Topliss-reactive ketones (excluding diaryl/α,β-unsaturated/α-hetero) is 1. The molecule has 1 aliphatic rings. The first-order valence-corrected chi connectivity index (χ1v) is 9.16. The van der Waals surface area contributed by atoms with Crippen LogP contribution in [0, 0.1) is 18.8 Å². The Balaban J connectivity index is 1.86. The van der Waals surface area contributed by atoms with Crippen molar-refractivity contribution >= 4 is 17.8 Å². The van der Waals surface area contributed by atoms with Crippen LogP contribution in [0.25, 0.3) is 6.08 Å². The number of carboxylic acids is 1. The summed E-state index contributed by atoms with van der Waals surface area (Å²) in [7, 11) is 0. The zero-order chi connectivity index (χ0) is 18.2. The number of aliphatic carboxylic acids is 1. The monoisotopic (exact) mass is 344 g/mol. The molecule has 1 aromatic rings. The number of hydrogen-bond acceptors (Lipinski definition) is 3. The molecule has 4 nitrogen and oxygen atoms in total. The fourth-order valence-electron chi connectivity index (χ4n) is 3.57. The third kappa shape index (κ3) is 6.13. The van der Waals surface area contributed by atoms with Crippen molar-refractivity contribution in [3.05, 3.63) is 41.5 Å². The van der Waals surface area contributed by atoms with Gasteiger partial charge in [-0.3, -0.25) is 9.59 Å². The van der Waals surface area contributed by atoms with Gasteiger partial charge in [-0.1, -0.05) is 61.2 Å². The second kappa shape index (κ2) is 9.52. The predicted octanol–water partition coefficient (Wildman–Crippen LogP) is 4.00. The van der Waals surface area contributed by atoms with Crippen LogP contribution in [0.1, 0.15) is 56.1 Å². The van der Waals surface area contributed by atoms with E-state index in [1.165, 1.54) is 5.56 Å². The molecule has 1 saturated carbocycles. The molecule has 0 amide bonds. The number of hydrogen-bond donors (Lipinski definition) is 2. The van der Waals surface area contributed by atoms with Crippen molar-refractivity contribution in [3.8, 4) is 0 Å². The fourth-order valence-corrected chi connectivity index (χ4v) is 3.57. The molecule has 0 radical (unpaired) electrons. The van der Waals surface area contributed by atoms with Gasteiger partial charge in [-0.15, -0.1) is 0 Å². The number of unbranched alkanes of at least 4 members (excludes halogenated alkanes) is 3. The second-order valence-electron chi connectivity index (χ2n) is 7.04. The van der Waals surface area contributed by atoms with Crippen LogP contribution >= 0.6 is 0 Å². The van der Waals surface area contributed by atoms with Crippen LogP contribution in [-0.2, 0) is 9.59 Å². The molecule has 0 aromatic heterocycles. The predicted molar refractivity (Wildman–Crippen MR) is 98.2 cm³/mol. The van der Waals surface area contributed by atoms with Crippen LogP contribution in [0.2, 0.25) is 0 Å². The highest BCUT2D eigenvalue weighted by molar-refractivity contribution is 5.88. The lowest BCUT2D eigenvalue weighted by molar-refractivity contribution is -0.137. The number of benzene rings is 1. The number of carboxylic acid groups (broad SMARTS) is 1. The summed E-state index contributed by atoms with van der Waals surface area (Å²) in [4.78, 5) is 22.7. The van der Waals surface area contributed by atoms with Gasteiger partial charge >= 0.3 is 5.97 Å². The normalized spacial score (nSPS) is 23.4. The second-order valence-corrected chi connectivity index (χ2v) is 7.04. The topological polar surface area (TPSA) is 74.6 Å². The van der Waals surface area contributed by atoms with Crippen LogP contribution in [0.4, 0.5) is 0 Å². The van der Waals surface area contributed by atoms with Gasteiger partial charge in [0.25, 0.3) is 0 Å². The van der Waals surface area contributed by atoms with E-state index in [1.54, 1.807) is 0 Å². The molecule has 0 bridgehead atoms. The average molecular weight is 344 g/mol. The zero-order valence-electron chi connectivity index (χ0n) is 14.9. The molecule has 2 N–H and O–H groups in total. The molecule has 136 valence electrons. The van der Waals surface area contributed by atoms with E-state index in [0.717, 1.165) is 31.2 Å². The fraction of sp³-hybridized carbons (Fsp3) is 0.524. The highest BCUT2D eigenvalue weighted by atomic mass is 16.4. The van der Waals surface area contributed by atoms with Gasteiger partial charge in [0.05, 0.1) is 0 Å². The van der Waals surface area contributed by atoms with Crippen molar-refractivity contribution in [1.29, 1.82) is 0 Å². The van der Waals surface area contributed by atoms with Crippen molar-refractivity contribution in [2.24, 2.45) is 11.8 Å². The van der Waals surface area contributed by atoms with E-state index in [2.05, 4.69) is 12.1 Å². The minimum atomic E-state index is -0.843. The summed E-state index contributed by atoms with van der Waals surface area (Å²) in [5.74, 6) is -0.822. The summed E-state index contributed by atoms with van der Waals surface area (Å²) < 4.78 is 0. The van der Waals surface area contributed by atoms with E-state index < -0.39 is 12.1 Å². The standard InChI is InChI=1S/C21H28O4/c1-15-7-6-8-16(13-15)11-12-17-14-19(22)21(25)18(17)9-4-2-3-5-10-20(23)24/h6-8,11-13,17-19,22H,2-5,9-10,14H2,1H3,(H,23,24)/t17-,18+,19+/m0/s1. The van der Waals surface area contributed by atoms with Crippen molar-refractivity contribution in [2.75, 3.05) is 0 Å². The van der Waals surface area contributed by atoms with Gasteiger partial charge in [-0.2, -0.15) is 0 Å². The van der Waals surface area contributed by atoms with Crippen LogP contribution < -0.4 is 0 Å². The highest BCUT2D eigenvalue weighted by Gasteiger charge is 2.39. The lowest BCUT2D eigenvalue weighted by atomic mass is 9.89. The molecular weight excluding hydrogens is 316 g/mol. The van der Waals surface area contributed by atoms with E-state index >= 15 is 0 Å². The summed E-state index contributed by atoms with van der Waals surface area (Å²) >= 11 is 0. The quantitative estimate of drug-likeness (QED) is 0.664. The average Bonchev–Trinajstić information content (AvgIpc) is 2.83. The first-order valence-electron chi connectivity index (χ1n) is 9.16. The zero-order valence-corrected chi connectivity index (χ0v) is 14.9. The van der Waals surface area contributed by atoms with Crippen LogP contribution in [0.5, 0.6) is 0 Å². The van der Waals surface area contributed by atoms with E-state index in [1.807, 2.05) is 31.2 Å². The highest BCUT2D eigenvalue weighted by Crippen LogP contribution is 2.34. The Morgan fingerprint density at radius 1 is 1.24 bits per heavy atom. The largest absolute Gasteiger partial charge is 0.481 e. The summed E-state index contributed by atoms with van der Waals surface area (Å²) in [6.45, 7) is 2.05. The lowest BCUT2D eigenvalue weighted by Crippen LogP contribution is -2.19. The summed E-state index contributed by atoms with van der Waals surface area (Å²) in [6.07, 6.45) is 8.15. The first-order chi connectivity index (χ1) is 12.0. The molecule has 0 saturated heterocycles. The van der Waals surface area contributed by atoms with E-state index in [-0.39, 0.29) is 24.0 Å². The van der Waals surface area contributed by atoms with Gasteiger partial charge in [-0.05, 0) is 37.7 Å². The van der Waals surface area contributed by atoms with Gasteiger partial charge in [0.1, 0.15) is 6.10 Å². The number of allylic oxidation sites excluding steroid dienone is 1. The molecule has 3 atom stereocenters. The maximum atomic E-state index is 12.2. The number of rotatable bonds is 9. The molecule has 2 rings (SSSR count). The Bertz CT molecular complexity index is 620. The van der Waals surface area contributed by atoms with E-state index in [9.17, 15) is 14.7 Å². The Hall–Kier alpha value is -1.94. The van der Waals surface area contributed by atoms with Gasteiger partial charge in [-0.25, -0.2) is 0 Å². The molecule has 1 aliphatic carbocycles. The summed E-state index contributed by atoms with van der Waals surface area (Å²) in [6, 6.07) is 8.20. The number of ketones is 1. The smallest absolute Gasteiger partial charge is 0.303 e. The summed E-state index contributed by atoms with van der Waals surface area (Å²) in [5, 5.41) is 18.6. The maximum Gasteiger partial charge on any atom is 0.303 e. The molecule has 4 heteroatoms. The SMILES string of the molecule is Cc1cccc(C=C[C@H]2C[C@@H](O)C(=O)[C@@H]2CCCCCCC(=O)O)c1. The molecular formula is C21H28O4. The number of aliphatic hydroxyl groups is 1. The van der Waals surface area contributed by atoms with Crippen LogP contribution in [0.15, 0.2) is 30.3 Å². The minimum Gasteiger partial charge on any atom is -0.481 e. The molecule has 1 aromatic carbocycles.